The second-order valence-electron chi connectivity index (χ2n) is 4.58. The average molecular weight is 361 g/mol. The quantitative estimate of drug-likeness (QED) is 0.794. The van der Waals surface area contributed by atoms with E-state index in [0.29, 0.717) is 24.7 Å². The molecule has 0 aliphatic carbocycles. The monoisotopic (exact) mass is 361 g/mol. The Hall–Kier alpha value is -0.820. The van der Waals surface area contributed by atoms with E-state index in [2.05, 4.69) is 34.8 Å². The molecule has 1 heterocycles. The van der Waals surface area contributed by atoms with Crippen molar-refractivity contribution in [3.8, 4) is 5.75 Å². The van der Waals surface area contributed by atoms with Crippen LogP contribution in [-0.4, -0.2) is 30.3 Å². The third-order valence-corrected chi connectivity index (χ3v) is 3.83. The summed E-state index contributed by atoms with van der Waals surface area (Å²) in [7, 11) is 0. The van der Waals surface area contributed by atoms with Crippen molar-refractivity contribution in [1.82, 2.24) is 5.32 Å². The Morgan fingerprint density at radius 3 is 3.06 bits per heavy atom. The number of halogens is 1. The van der Waals surface area contributed by atoms with Gasteiger partial charge in [-0.2, -0.15) is 0 Å². The number of rotatable bonds is 2. The molecule has 1 fully saturated rings. The first-order valence-corrected chi connectivity index (χ1v) is 7.03. The van der Waals surface area contributed by atoms with Crippen molar-refractivity contribution in [2.24, 2.45) is 5.92 Å². The van der Waals surface area contributed by atoms with Gasteiger partial charge in [0.05, 0.1) is 12.2 Å². The summed E-state index contributed by atoms with van der Waals surface area (Å²) in [5.41, 5.74) is 0.334. The second kappa shape index (κ2) is 5.88. The zero-order valence-electron chi connectivity index (χ0n) is 10.1. The van der Waals surface area contributed by atoms with Gasteiger partial charge in [-0.05, 0) is 53.1 Å². The lowest BCUT2D eigenvalue weighted by Gasteiger charge is -2.29. The van der Waals surface area contributed by atoms with Crippen LogP contribution in [0.4, 0.5) is 0 Å². The fraction of sp³-hybridized carbons (Fsp3) is 0.462. The van der Waals surface area contributed by atoms with E-state index in [9.17, 15) is 9.90 Å². The molecule has 2 N–H and O–H groups in total. The van der Waals surface area contributed by atoms with E-state index in [4.69, 9.17) is 4.74 Å². The molecule has 98 valence electrons. The molecule has 1 aromatic rings. The molecule has 0 spiro atoms. The molecule has 1 aliphatic heterocycles. The Bertz CT molecular complexity index is 450. The van der Waals surface area contributed by atoms with Crippen molar-refractivity contribution in [2.45, 2.75) is 19.4 Å². The Morgan fingerprint density at radius 1 is 1.56 bits per heavy atom. The Labute approximate surface area is 120 Å². The van der Waals surface area contributed by atoms with E-state index in [1.165, 1.54) is 0 Å². The fourth-order valence-electron chi connectivity index (χ4n) is 2.03. The SMILES string of the molecule is CC1COCCC1NC(=O)c1cc(I)ccc1O. The largest absolute Gasteiger partial charge is 0.507 e. The van der Waals surface area contributed by atoms with Gasteiger partial charge in [0.2, 0.25) is 0 Å². The smallest absolute Gasteiger partial charge is 0.255 e. The summed E-state index contributed by atoms with van der Waals surface area (Å²) < 4.78 is 6.27. The maximum Gasteiger partial charge on any atom is 0.255 e. The maximum absolute atomic E-state index is 12.1. The highest BCUT2D eigenvalue weighted by atomic mass is 127. The molecule has 0 saturated carbocycles. The molecular weight excluding hydrogens is 345 g/mol. The van der Waals surface area contributed by atoms with Crippen LogP contribution in [0.25, 0.3) is 0 Å². The minimum Gasteiger partial charge on any atom is -0.507 e. The van der Waals surface area contributed by atoms with Crippen LogP contribution >= 0.6 is 22.6 Å². The molecule has 1 saturated heterocycles. The van der Waals surface area contributed by atoms with Crippen LogP contribution in [0.2, 0.25) is 0 Å². The summed E-state index contributed by atoms with van der Waals surface area (Å²) in [6, 6.07) is 5.12. The molecule has 0 radical (unpaired) electrons. The van der Waals surface area contributed by atoms with Gasteiger partial charge in [-0.1, -0.05) is 6.92 Å². The standard InChI is InChI=1S/C13H16INO3/c1-8-7-18-5-4-11(8)15-13(17)10-6-9(14)2-3-12(10)16/h2-3,6,8,11,16H,4-5,7H2,1H3,(H,15,17). The van der Waals surface area contributed by atoms with Gasteiger partial charge < -0.3 is 15.2 Å². The van der Waals surface area contributed by atoms with E-state index in [1.807, 2.05) is 0 Å². The second-order valence-corrected chi connectivity index (χ2v) is 5.83. The Balaban J connectivity index is 2.09. The first kappa shape index (κ1) is 13.6. The molecular formula is C13H16INO3. The van der Waals surface area contributed by atoms with Crippen molar-refractivity contribution >= 4 is 28.5 Å². The van der Waals surface area contributed by atoms with Crippen LogP contribution in [0.15, 0.2) is 18.2 Å². The van der Waals surface area contributed by atoms with Crippen LogP contribution in [0.3, 0.4) is 0 Å². The third-order valence-electron chi connectivity index (χ3n) is 3.16. The maximum atomic E-state index is 12.1. The van der Waals surface area contributed by atoms with E-state index in [-0.39, 0.29) is 17.7 Å². The van der Waals surface area contributed by atoms with E-state index in [0.717, 1.165) is 9.99 Å². The number of phenolic OH excluding ortho intramolecular Hbond substituents is 1. The first-order chi connectivity index (χ1) is 8.58. The molecule has 2 unspecified atom stereocenters. The third kappa shape index (κ3) is 3.14. The van der Waals surface area contributed by atoms with Crippen LogP contribution in [0, 0.1) is 9.49 Å². The van der Waals surface area contributed by atoms with Crippen molar-refractivity contribution in [3.05, 3.63) is 27.3 Å². The van der Waals surface area contributed by atoms with E-state index >= 15 is 0 Å². The van der Waals surface area contributed by atoms with E-state index < -0.39 is 0 Å². The zero-order valence-corrected chi connectivity index (χ0v) is 12.3. The van der Waals surface area contributed by atoms with Gasteiger partial charge in [0, 0.05) is 16.2 Å². The van der Waals surface area contributed by atoms with Gasteiger partial charge in [0.1, 0.15) is 5.75 Å². The van der Waals surface area contributed by atoms with Gasteiger partial charge >= 0.3 is 0 Å². The zero-order chi connectivity index (χ0) is 13.1. The van der Waals surface area contributed by atoms with Gasteiger partial charge in [-0.25, -0.2) is 0 Å². The number of carbonyl (C=O) groups is 1. The molecule has 1 aromatic carbocycles. The minimum absolute atomic E-state index is 0.0210. The lowest BCUT2D eigenvalue weighted by molar-refractivity contribution is 0.0374. The number of aromatic hydroxyl groups is 1. The number of hydrogen-bond acceptors (Lipinski definition) is 3. The van der Waals surface area contributed by atoms with Crippen molar-refractivity contribution in [2.75, 3.05) is 13.2 Å². The van der Waals surface area contributed by atoms with Gasteiger partial charge in [0.25, 0.3) is 5.91 Å². The van der Waals surface area contributed by atoms with Crippen molar-refractivity contribution in [1.29, 1.82) is 0 Å². The van der Waals surface area contributed by atoms with E-state index in [1.54, 1.807) is 18.2 Å². The van der Waals surface area contributed by atoms with Crippen LogP contribution in [0.1, 0.15) is 23.7 Å². The van der Waals surface area contributed by atoms with Crippen LogP contribution < -0.4 is 5.32 Å². The van der Waals surface area contributed by atoms with Crippen molar-refractivity contribution < 1.29 is 14.6 Å². The summed E-state index contributed by atoms with van der Waals surface area (Å²) in [4.78, 5) is 12.1. The Morgan fingerprint density at radius 2 is 2.33 bits per heavy atom. The Kier molecular flexibility index (Phi) is 4.45. The number of nitrogens with one attached hydrogen (secondary N) is 1. The average Bonchev–Trinajstić information content (AvgIpc) is 2.35. The molecule has 0 bridgehead atoms. The molecule has 2 atom stereocenters. The summed E-state index contributed by atoms with van der Waals surface area (Å²) >= 11 is 2.12. The predicted octanol–water partition coefficient (Wildman–Crippen LogP) is 2.15. The summed E-state index contributed by atoms with van der Waals surface area (Å²) in [6.45, 7) is 3.40. The molecule has 5 heteroatoms. The minimum atomic E-state index is -0.218. The fourth-order valence-corrected chi connectivity index (χ4v) is 2.52. The lowest BCUT2D eigenvalue weighted by atomic mass is 9.97. The molecule has 1 aliphatic rings. The summed E-state index contributed by atoms with van der Waals surface area (Å²) in [5, 5.41) is 12.7. The highest BCUT2D eigenvalue weighted by Gasteiger charge is 2.24. The number of ether oxygens (including phenoxy) is 1. The van der Waals surface area contributed by atoms with Gasteiger partial charge in [-0.3, -0.25) is 4.79 Å². The highest BCUT2D eigenvalue weighted by molar-refractivity contribution is 14.1. The number of amides is 1. The normalized spacial score (nSPS) is 23.7. The predicted molar refractivity (Wildman–Crippen MR) is 76.7 cm³/mol. The summed E-state index contributed by atoms with van der Waals surface area (Å²) in [5.74, 6) is 0.102. The molecule has 0 aromatic heterocycles. The summed E-state index contributed by atoms with van der Waals surface area (Å²) in [6.07, 6.45) is 0.817. The molecule has 18 heavy (non-hydrogen) atoms. The van der Waals surface area contributed by atoms with Crippen LogP contribution in [0.5, 0.6) is 5.75 Å². The number of benzene rings is 1. The molecule has 1 amide bonds. The molecule has 4 nitrogen and oxygen atoms in total. The van der Waals surface area contributed by atoms with Gasteiger partial charge in [-0.15, -0.1) is 0 Å². The van der Waals surface area contributed by atoms with Crippen LogP contribution in [-0.2, 0) is 4.74 Å². The number of phenols is 1. The molecule has 2 rings (SSSR count). The van der Waals surface area contributed by atoms with Gasteiger partial charge in [0.15, 0.2) is 0 Å². The first-order valence-electron chi connectivity index (χ1n) is 5.95. The number of hydrogen-bond donors (Lipinski definition) is 2. The highest BCUT2D eigenvalue weighted by Crippen LogP contribution is 2.21. The topological polar surface area (TPSA) is 58.6 Å². The number of carbonyl (C=O) groups excluding carboxylic acids is 1. The lowest BCUT2D eigenvalue weighted by Crippen LogP contribution is -2.44. The van der Waals surface area contributed by atoms with Crippen molar-refractivity contribution in [3.63, 3.8) is 0 Å².